The molecule has 0 amide bonds. The fourth-order valence-corrected chi connectivity index (χ4v) is 3.48. The van der Waals surface area contributed by atoms with Crippen molar-refractivity contribution in [3.05, 3.63) is 88.0 Å². The van der Waals surface area contributed by atoms with Gasteiger partial charge in [-0.2, -0.15) is 0 Å². The molecule has 0 saturated heterocycles. The Labute approximate surface area is 178 Å². The van der Waals surface area contributed by atoms with Crippen molar-refractivity contribution in [2.24, 2.45) is 0 Å². The zero-order chi connectivity index (χ0) is 22.0. The predicted molar refractivity (Wildman–Crippen MR) is 116 cm³/mol. The summed E-state index contributed by atoms with van der Waals surface area (Å²) in [5.74, 6) is 1.72. The summed E-state index contributed by atoms with van der Waals surface area (Å²) in [7, 11) is 3.10. The van der Waals surface area contributed by atoms with E-state index in [0.717, 1.165) is 0 Å². The van der Waals surface area contributed by atoms with E-state index in [1.54, 1.807) is 75.7 Å². The zero-order valence-corrected chi connectivity index (χ0v) is 17.4. The first kappa shape index (κ1) is 20.5. The van der Waals surface area contributed by atoms with Crippen LogP contribution in [0.15, 0.2) is 69.9 Å². The SMILES string of the molecule is COc1ccc(-c2c(C)oc3cc(OCc4ccccc4F)ccc3c2=O)cc1OC. The summed E-state index contributed by atoms with van der Waals surface area (Å²) in [6.07, 6.45) is 0. The highest BCUT2D eigenvalue weighted by Crippen LogP contribution is 2.33. The number of ether oxygens (including phenoxy) is 3. The molecule has 6 heteroatoms. The maximum absolute atomic E-state index is 13.8. The van der Waals surface area contributed by atoms with Gasteiger partial charge < -0.3 is 18.6 Å². The van der Waals surface area contributed by atoms with Crippen LogP contribution in [0, 0.1) is 12.7 Å². The van der Waals surface area contributed by atoms with E-state index in [4.69, 9.17) is 18.6 Å². The molecule has 3 aromatic carbocycles. The topological polar surface area (TPSA) is 57.9 Å². The Morgan fingerprint density at radius 3 is 2.45 bits per heavy atom. The number of methoxy groups -OCH3 is 2. The fourth-order valence-electron chi connectivity index (χ4n) is 3.48. The lowest BCUT2D eigenvalue weighted by Crippen LogP contribution is -2.08. The molecule has 4 aromatic rings. The highest BCUT2D eigenvalue weighted by Gasteiger charge is 2.16. The van der Waals surface area contributed by atoms with E-state index in [9.17, 15) is 9.18 Å². The van der Waals surface area contributed by atoms with Crippen LogP contribution in [-0.2, 0) is 6.61 Å². The fraction of sp³-hybridized carbons (Fsp3) is 0.160. The van der Waals surface area contributed by atoms with Crippen LogP contribution in [0.3, 0.4) is 0 Å². The minimum atomic E-state index is -0.328. The number of fused-ring (bicyclic) bond motifs is 1. The molecule has 0 aliphatic rings. The standard InChI is InChI=1S/C25H21FO5/c1-15-24(16-8-11-21(28-2)23(12-16)29-3)25(27)19-10-9-18(13-22(19)31-15)30-14-17-6-4-5-7-20(17)26/h4-13H,14H2,1-3H3. The van der Waals surface area contributed by atoms with Gasteiger partial charge in [0.2, 0.25) is 5.43 Å². The number of benzene rings is 3. The van der Waals surface area contributed by atoms with Crippen molar-refractivity contribution in [3.8, 4) is 28.4 Å². The van der Waals surface area contributed by atoms with Crippen LogP contribution in [-0.4, -0.2) is 14.2 Å². The van der Waals surface area contributed by atoms with Crippen LogP contribution < -0.4 is 19.6 Å². The van der Waals surface area contributed by atoms with Gasteiger partial charge in [0.15, 0.2) is 11.5 Å². The quantitative estimate of drug-likeness (QED) is 0.412. The Morgan fingerprint density at radius 1 is 0.935 bits per heavy atom. The summed E-state index contributed by atoms with van der Waals surface area (Å²) in [6.45, 7) is 1.81. The van der Waals surface area contributed by atoms with Gasteiger partial charge >= 0.3 is 0 Å². The molecule has 0 aliphatic heterocycles. The van der Waals surface area contributed by atoms with Crippen LogP contribution in [0.1, 0.15) is 11.3 Å². The smallest absolute Gasteiger partial charge is 0.200 e. The van der Waals surface area contributed by atoms with Gasteiger partial charge in [0.1, 0.15) is 29.5 Å². The highest BCUT2D eigenvalue weighted by molar-refractivity contribution is 5.84. The van der Waals surface area contributed by atoms with Crippen molar-refractivity contribution in [1.82, 2.24) is 0 Å². The molecule has 0 saturated carbocycles. The van der Waals surface area contributed by atoms with E-state index < -0.39 is 0 Å². The van der Waals surface area contributed by atoms with Gasteiger partial charge in [-0.05, 0) is 42.8 Å². The monoisotopic (exact) mass is 420 g/mol. The van der Waals surface area contributed by atoms with Crippen molar-refractivity contribution in [2.75, 3.05) is 14.2 Å². The third-order valence-electron chi connectivity index (χ3n) is 5.06. The first-order valence-corrected chi connectivity index (χ1v) is 9.68. The van der Waals surface area contributed by atoms with Crippen molar-refractivity contribution in [1.29, 1.82) is 0 Å². The number of halogens is 1. The number of aryl methyl sites for hydroxylation is 1. The summed E-state index contributed by atoms with van der Waals surface area (Å²) in [5, 5.41) is 0.425. The molecule has 1 heterocycles. The van der Waals surface area contributed by atoms with E-state index in [1.165, 1.54) is 6.07 Å². The molecule has 158 valence electrons. The van der Waals surface area contributed by atoms with E-state index in [2.05, 4.69) is 0 Å². The third kappa shape index (κ3) is 3.97. The van der Waals surface area contributed by atoms with Crippen LogP contribution in [0.2, 0.25) is 0 Å². The summed E-state index contributed by atoms with van der Waals surface area (Å²) in [4.78, 5) is 13.2. The molecule has 31 heavy (non-hydrogen) atoms. The van der Waals surface area contributed by atoms with Crippen LogP contribution in [0.5, 0.6) is 17.2 Å². The van der Waals surface area contributed by atoms with Gasteiger partial charge in [-0.1, -0.05) is 24.3 Å². The van der Waals surface area contributed by atoms with Gasteiger partial charge in [-0.3, -0.25) is 4.79 Å². The van der Waals surface area contributed by atoms with E-state index in [1.807, 2.05) is 0 Å². The molecule has 0 atom stereocenters. The van der Waals surface area contributed by atoms with E-state index in [-0.39, 0.29) is 17.9 Å². The normalized spacial score (nSPS) is 10.8. The number of rotatable bonds is 6. The first-order chi connectivity index (χ1) is 15.0. The molecule has 0 fully saturated rings. The van der Waals surface area contributed by atoms with E-state index >= 15 is 0 Å². The molecular formula is C25H21FO5. The molecule has 5 nitrogen and oxygen atoms in total. The first-order valence-electron chi connectivity index (χ1n) is 9.68. The lowest BCUT2D eigenvalue weighted by molar-refractivity contribution is 0.300. The molecule has 0 bridgehead atoms. The number of hydrogen-bond donors (Lipinski definition) is 0. The zero-order valence-electron chi connectivity index (χ0n) is 17.4. The van der Waals surface area contributed by atoms with Crippen molar-refractivity contribution in [2.45, 2.75) is 13.5 Å². The van der Waals surface area contributed by atoms with Crippen molar-refractivity contribution >= 4 is 11.0 Å². The molecule has 0 aliphatic carbocycles. The Hall–Kier alpha value is -3.80. The summed E-state index contributed by atoms with van der Waals surface area (Å²) < 4.78 is 36.1. The second-order valence-corrected chi connectivity index (χ2v) is 6.97. The van der Waals surface area contributed by atoms with Crippen molar-refractivity contribution < 1.29 is 23.0 Å². The number of hydrogen-bond acceptors (Lipinski definition) is 5. The maximum atomic E-state index is 13.8. The highest BCUT2D eigenvalue weighted by atomic mass is 19.1. The molecule has 0 radical (unpaired) electrons. The average molecular weight is 420 g/mol. The summed E-state index contributed by atoms with van der Waals surface area (Å²) in [6, 6.07) is 16.7. The predicted octanol–water partition coefficient (Wildman–Crippen LogP) is 5.50. The summed E-state index contributed by atoms with van der Waals surface area (Å²) >= 11 is 0. The minimum Gasteiger partial charge on any atom is -0.493 e. The second-order valence-electron chi connectivity index (χ2n) is 6.97. The maximum Gasteiger partial charge on any atom is 0.200 e. The lowest BCUT2D eigenvalue weighted by Gasteiger charge is -2.12. The molecule has 0 N–H and O–H groups in total. The van der Waals surface area contributed by atoms with Crippen LogP contribution >= 0.6 is 0 Å². The Kier molecular flexibility index (Phi) is 5.62. The second kappa shape index (κ2) is 8.52. The van der Waals surface area contributed by atoms with E-state index in [0.29, 0.717) is 50.7 Å². The molecule has 0 unspecified atom stereocenters. The Morgan fingerprint density at radius 2 is 1.71 bits per heavy atom. The lowest BCUT2D eigenvalue weighted by atomic mass is 10.0. The Bertz CT molecular complexity index is 1310. The molecular weight excluding hydrogens is 399 g/mol. The largest absolute Gasteiger partial charge is 0.493 e. The van der Waals surface area contributed by atoms with Gasteiger partial charge in [0, 0.05) is 11.6 Å². The molecule has 4 rings (SSSR count). The molecule has 1 aromatic heterocycles. The van der Waals surface area contributed by atoms with Gasteiger partial charge in [-0.25, -0.2) is 4.39 Å². The molecule has 0 spiro atoms. The van der Waals surface area contributed by atoms with Crippen molar-refractivity contribution in [3.63, 3.8) is 0 Å². The average Bonchev–Trinajstić information content (AvgIpc) is 2.78. The van der Waals surface area contributed by atoms with Crippen LogP contribution in [0.4, 0.5) is 4.39 Å². The third-order valence-corrected chi connectivity index (χ3v) is 5.06. The van der Waals surface area contributed by atoms with Gasteiger partial charge in [0.05, 0.1) is 25.2 Å². The Balaban J connectivity index is 1.70. The van der Waals surface area contributed by atoms with Gasteiger partial charge in [0.25, 0.3) is 0 Å². The van der Waals surface area contributed by atoms with Gasteiger partial charge in [-0.15, -0.1) is 0 Å². The van der Waals surface area contributed by atoms with Crippen LogP contribution in [0.25, 0.3) is 22.1 Å². The summed E-state index contributed by atoms with van der Waals surface area (Å²) in [5.41, 5.74) is 1.81. The minimum absolute atomic E-state index is 0.0745.